The Kier molecular flexibility index (Phi) is 5.19. The van der Waals surface area contributed by atoms with Crippen LogP contribution in [0.15, 0.2) is 12.2 Å². The van der Waals surface area contributed by atoms with Crippen molar-refractivity contribution >= 4 is 0 Å². The van der Waals surface area contributed by atoms with Crippen LogP contribution in [0, 0.1) is 11.8 Å². The molecule has 13 heavy (non-hydrogen) atoms. The minimum atomic E-state index is 0.917. The molecule has 2 atom stereocenters. The first kappa shape index (κ1) is 10.8. The first-order valence-corrected chi connectivity index (χ1v) is 5.98. The molecule has 0 fully saturated rings. The number of hydrogen-bond donors (Lipinski definition) is 0. The van der Waals surface area contributed by atoms with Crippen molar-refractivity contribution in [2.45, 2.75) is 58.8 Å². The summed E-state index contributed by atoms with van der Waals surface area (Å²) >= 11 is 0. The zero-order valence-corrected chi connectivity index (χ0v) is 9.26. The quantitative estimate of drug-likeness (QED) is 0.558. The molecule has 0 saturated carbocycles. The molecule has 76 valence electrons. The van der Waals surface area contributed by atoms with Crippen molar-refractivity contribution in [3.8, 4) is 0 Å². The molecule has 0 amide bonds. The lowest BCUT2D eigenvalue weighted by molar-refractivity contribution is 0.375. The lowest BCUT2D eigenvalue weighted by Crippen LogP contribution is -2.05. The molecule has 0 bridgehead atoms. The van der Waals surface area contributed by atoms with Gasteiger partial charge in [-0.2, -0.15) is 0 Å². The monoisotopic (exact) mass is 180 g/mol. The number of unbranched alkanes of at least 4 members (excludes halogenated alkanes) is 1. The summed E-state index contributed by atoms with van der Waals surface area (Å²) in [7, 11) is 0. The molecule has 1 aliphatic rings. The van der Waals surface area contributed by atoms with E-state index in [0.717, 1.165) is 11.8 Å². The van der Waals surface area contributed by atoms with Crippen LogP contribution in [0.4, 0.5) is 0 Å². The summed E-state index contributed by atoms with van der Waals surface area (Å²) in [6, 6.07) is 0. The van der Waals surface area contributed by atoms with Gasteiger partial charge in [0, 0.05) is 0 Å². The van der Waals surface area contributed by atoms with Crippen molar-refractivity contribution in [2.75, 3.05) is 0 Å². The molecule has 0 saturated heterocycles. The molecule has 0 aliphatic heterocycles. The Morgan fingerprint density at radius 1 is 1.15 bits per heavy atom. The van der Waals surface area contributed by atoms with E-state index in [0.29, 0.717) is 0 Å². The van der Waals surface area contributed by atoms with Crippen LogP contribution < -0.4 is 0 Å². The second kappa shape index (κ2) is 6.23. The van der Waals surface area contributed by atoms with Crippen molar-refractivity contribution in [3.63, 3.8) is 0 Å². The van der Waals surface area contributed by atoms with E-state index in [2.05, 4.69) is 26.0 Å². The largest absolute Gasteiger partial charge is 0.0883 e. The summed E-state index contributed by atoms with van der Waals surface area (Å²) in [6.45, 7) is 4.67. The fraction of sp³-hybridized carbons (Fsp3) is 0.846. The second-order valence-electron chi connectivity index (χ2n) is 4.63. The van der Waals surface area contributed by atoms with Crippen LogP contribution in [0.5, 0.6) is 0 Å². The molecule has 0 spiro atoms. The van der Waals surface area contributed by atoms with E-state index < -0.39 is 0 Å². The molecule has 0 radical (unpaired) electrons. The second-order valence-corrected chi connectivity index (χ2v) is 4.63. The SMILES string of the molecule is CCCCC1C/C=C\CC(C)CC1. The van der Waals surface area contributed by atoms with Gasteiger partial charge >= 0.3 is 0 Å². The molecule has 1 aliphatic carbocycles. The van der Waals surface area contributed by atoms with Gasteiger partial charge in [0.25, 0.3) is 0 Å². The van der Waals surface area contributed by atoms with Gasteiger partial charge in [-0.3, -0.25) is 0 Å². The molecule has 0 heterocycles. The van der Waals surface area contributed by atoms with Crippen molar-refractivity contribution in [1.82, 2.24) is 0 Å². The summed E-state index contributed by atoms with van der Waals surface area (Å²) in [5.41, 5.74) is 0. The van der Waals surface area contributed by atoms with Crippen molar-refractivity contribution < 1.29 is 0 Å². The molecule has 0 aromatic rings. The fourth-order valence-electron chi connectivity index (χ4n) is 2.13. The summed E-state index contributed by atoms with van der Waals surface area (Å²) in [5.74, 6) is 1.90. The van der Waals surface area contributed by atoms with Gasteiger partial charge in [0.05, 0.1) is 0 Å². The highest BCUT2D eigenvalue weighted by atomic mass is 14.2. The van der Waals surface area contributed by atoms with E-state index in [9.17, 15) is 0 Å². The Bertz CT molecular complexity index is 146. The van der Waals surface area contributed by atoms with Gasteiger partial charge in [-0.05, 0) is 31.1 Å². The Hall–Kier alpha value is -0.260. The van der Waals surface area contributed by atoms with E-state index in [1.807, 2.05) is 0 Å². The summed E-state index contributed by atoms with van der Waals surface area (Å²) < 4.78 is 0. The van der Waals surface area contributed by atoms with E-state index in [1.54, 1.807) is 0 Å². The number of rotatable bonds is 3. The average molecular weight is 180 g/mol. The summed E-state index contributed by atoms with van der Waals surface area (Å²) in [6.07, 6.45) is 14.6. The molecular formula is C13H24. The maximum atomic E-state index is 2.41. The maximum Gasteiger partial charge on any atom is -0.0322 e. The first-order valence-electron chi connectivity index (χ1n) is 5.98. The average Bonchev–Trinajstić information content (AvgIpc) is 2.11. The standard InChI is InChI=1S/C13H24/c1-3-4-8-13-9-6-5-7-12(2)10-11-13/h5-6,12-13H,3-4,7-11H2,1-2H3/b6-5-. The molecule has 0 heteroatoms. The van der Waals surface area contributed by atoms with Crippen LogP contribution in [0.1, 0.15) is 58.8 Å². The van der Waals surface area contributed by atoms with Crippen LogP contribution >= 0.6 is 0 Å². The van der Waals surface area contributed by atoms with Gasteiger partial charge in [0.1, 0.15) is 0 Å². The maximum absolute atomic E-state index is 2.41. The highest BCUT2D eigenvalue weighted by Crippen LogP contribution is 2.25. The highest BCUT2D eigenvalue weighted by Gasteiger charge is 2.11. The molecule has 0 nitrogen and oxygen atoms in total. The van der Waals surface area contributed by atoms with Gasteiger partial charge in [-0.25, -0.2) is 0 Å². The summed E-state index contributed by atoms with van der Waals surface area (Å²) in [4.78, 5) is 0. The zero-order chi connectivity index (χ0) is 9.52. The Morgan fingerprint density at radius 2 is 1.92 bits per heavy atom. The summed E-state index contributed by atoms with van der Waals surface area (Å²) in [5, 5.41) is 0. The third kappa shape index (κ3) is 4.50. The van der Waals surface area contributed by atoms with Crippen molar-refractivity contribution in [1.29, 1.82) is 0 Å². The van der Waals surface area contributed by atoms with Gasteiger partial charge < -0.3 is 0 Å². The van der Waals surface area contributed by atoms with Gasteiger partial charge in [-0.1, -0.05) is 51.7 Å². The normalized spacial score (nSPS) is 32.2. The third-order valence-corrected chi connectivity index (χ3v) is 3.21. The van der Waals surface area contributed by atoms with Crippen LogP contribution in [-0.2, 0) is 0 Å². The highest BCUT2D eigenvalue weighted by molar-refractivity contribution is 4.87. The Balaban J connectivity index is 2.29. The molecule has 1 rings (SSSR count). The third-order valence-electron chi connectivity index (χ3n) is 3.21. The van der Waals surface area contributed by atoms with E-state index in [-0.39, 0.29) is 0 Å². The predicted molar refractivity (Wildman–Crippen MR) is 59.8 cm³/mol. The van der Waals surface area contributed by atoms with E-state index in [1.165, 1.54) is 44.9 Å². The van der Waals surface area contributed by atoms with E-state index >= 15 is 0 Å². The lowest BCUT2D eigenvalue weighted by atomic mass is 9.87. The minimum Gasteiger partial charge on any atom is -0.0883 e. The molecule has 0 aromatic heterocycles. The van der Waals surface area contributed by atoms with Crippen molar-refractivity contribution in [3.05, 3.63) is 12.2 Å². The lowest BCUT2D eigenvalue weighted by Gasteiger charge is -2.19. The van der Waals surface area contributed by atoms with Crippen molar-refractivity contribution in [2.24, 2.45) is 11.8 Å². The van der Waals surface area contributed by atoms with Gasteiger partial charge in [-0.15, -0.1) is 0 Å². The predicted octanol–water partition coefficient (Wildman–Crippen LogP) is 4.56. The van der Waals surface area contributed by atoms with Crippen LogP contribution in [0.2, 0.25) is 0 Å². The van der Waals surface area contributed by atoms with Gasteiger partial charge in [0.15, 0.2) is 0 Å². The molecule has 2 unspecified atom stereocenters. The Labute approximate surface area is 83.4 Å². The smallest absolute Gasteiger partial charge is 0.0322 e. The topological polar surface area (TPSA) is 0 Å². The van der Waals surface area contributed by atoms with Crippen LogP contribution in [-0.4, -0.2) is 0 Å². The number of hydrogen-bond acceptors (Lipinski definition) is 0. The number of allylic oxidation sites excluding steroid dienone is 2. The fourth-order valence-corrected chi connectivity index (χ4v) is 2.13. The first-order chi connectivity index (χ1) is 6.33. The zero-order valence-electron chi connectivity index (χ0n) is 9.26. The molecule has 0 N–H and O–H groups in total. The Morgan fingerprint density at radius 3 is 2.69 bits per heavy atom. The van der Waals surface area contributed by atoms with E-state index in [4.69, 9.17) is 0 Å². The molecular weight excluding hydrogens is 156 g/mol. The van der Waals surface area contributed by atoms with Gasteiger partial charge in [0.2, 0.25) is 0 Å². The minimum absolute atomic E-state index is 0.917. The molecule has 0 aromatic carbocycles. The van der Waals surface area contributed by atoms with Crippen LogP contribution in [0.25, 0.3) is 0 Å². The van der Waals surface area contributed by atoms with Crippen LogP contribution in [0.3, 0.4) is 0 Å².